The number of rotatable bonds is 0. The van der Waals surface area contributed by atoms with Crippen molar-refractivity contribution < 1.29 is 49.4 Å². The van der Waals surface area contributed by atoms with E-state index in [0.717, 1.165) is 0 Å². The fourth-order valence-corrected chi connectivity index (χ4v) is 0. The Morgan fingerprint density at radius 1 is 1.25 bits per heavy atom. The van der Waals surface area contributed by atoms with Gasteiger partial charge < -0.3 is 0 Å². The van der Waals surface area contributed by atoms with Gasteiger partial charge in [-0.2, -0.15) is 0 Å². The van der Waals surface area contributed by atoms with E-state index in [1.165, 1.54) is 0 Å². The zero-order valence-corrected chi connectivity index (χ0v) is 6.18. The molecule has 0 bridgehead atoms. The van der Waals surface area contributed by atoms with Gasteiger partial charge in [0.05, 0.1) is 0 Å². The van der Waals surface area contributed by atoms with Crippen molar-refractivity contribution in [2.75, 3.05) is 0 Å². The quantitative estimate of drug-likeness (QED) is 0.389. The van der Waals surface area contributed by atoms with Gasteiger partial charge in [-0.1, -0.05) is 0 Å². The zero-order valence-electron chi connectivity index (χ0n) is 1.66. The maximum atomic E-state index is 2.54. The predicted molar refractivity (Wildman–Crippen MR) is 9.71 cm³/mol. The van der Waals surface area contributed by atoms with E-state index in [4.69, 9.17) is 0 Å². The molecule has 0 heterocycles. The van der Waals surface area contributed by atoms with Crippen LogP contribution < -0.4 is 0 Å². The van der Waals surface area contributed by atoms with Crippen LogP contribution in [0.2, 0.25) is 0 Å². The first-order valence-corrected chi connectivity index (χ1v) is 2.92. The van der Waals surface area contributed by atoms with Crippen LogP contribution in [0.15, 0.2) is 0 Å². The molecule has 0 aliphatic rings. The van der Waals surface area contributed by atoms with Crippen LogP contribution in [0.1, 0.15) is 0 Å². The van der Waals surface area contributed by atoms with Crippen LogP contribution in [-0.4, -0.2) is 0 Å². The van der Waals surface area contributed by atoms with Gasteiger partial charge in [0.1, 0.15) is 0 Å². The molecule has 0 aromatic rings. The maximum absolute atomic E-state index is 2.54. The van der Waals surface area contributed by atoms with E-state index in [-0.39, 0.29) is 33.6 Å². The molecule has 31 valence electrons. The van der Waals surface area contributed by atoms with Crippen molar-refractivity contribution in [1.29, 1.82) is 0 Å². The van der Waals surface area contributed by atoms with Crippen LogP contribution in [0.25, 0.3) is 0 Å². The summed E-state index contributed by atoms with van der Waals surface area (Å²) in [7, 11) is 2.29. The minimum atomic E-state index is 0. The number of hydrogen-bond donors (Lipinski definition) is 0. The molecule has 0 aliphatic carbocycles. The molecule has 0 rings (SSSR count). The summed E-state index contributed by atoms with van der Waals surface area (Å²) in [6, 6.07) is 0. The molecule has 4 heavy (non-hydrogen) atoms. The second-order valence-corrected chi connectivity index (χ2v) is 0. The average molecular weight is 200 g/mol. The summed E-state index contributed by atoms with van der Waals surface area (Å²) < 4.78 is 0. The van der Waals surface area contributed by atoms with Crippen LogP contribution in [0.4, 0.5) is 0 Å². The van der Waals surface area contributed by atoms with Gasteiger partial charge in [0, 0.05) is 33.6 Å². The standard InChI is InChI=1S/Cr.Fe.Ni.H2P/h;;;1H2/q+1;;;-1. The Labute approximate surface area is 57.1 Å². The molecule has 0 nitrogen and oxygen atoms in total. The summed E-state index contributed by atoms with van der Waals surface area (Å²) in [6.45, 7) is 0. The molecule has 1 unspecified atom stereocenters. The third-order valence-corrected chi connectivity index (χ3v) is 0. The number of hydrogen-bond acceptors (Lipinski definition) is 0. The van der Waals surface area contributed by atoms with Crippen LogP contribution in [-0.2, 0) is 49.4 Å². The second kappa shape index (κ2) is 20.1. The van der Waals surface area contributed by atoms with Gasteiger partial charge in [-0.05, 0) is 0 Å². The molecular weight excluding hydrogens is 198 g/mol. The molecule has 0 saturated carbocycles. The van der Waals surface area contributed by atoms with Crippen molar-refractivity contribution in [1.82, 2.24) is 0 Å². The van der Waals surface area contributed by atoms with Gasteiger partial charge in [-0.15, -0.1) is 0 Å². The van der Waals surface area contributed by atoms with E-state index in [1.54, 1.807) is 0 Å². The van der Waals surface area contributed by atoms with E-state index < -0.39 is 0 Å². The molecule has 1 atom stereocenters. The van der Waals surface area contributed by atoms with Gasteiger partial charge in [-0.3, -0.25) is 0 Å². The molecule has 0 aliphatic heterocycles. The monoisotopic (exact) mass is 199 g/mol. The molecule has 0 fully saturated rings. The Hall–Kier alpha value is 1.98. The van der Waals surface area contributed by atoms with Gasteiger partial charge in [-0.25, -0.2) is 0 Å². The van der Waals surface area contributed by atoms with Crippen molar-refractivity contribution in [2.45, 2.75) is 0 Å². The zero-order chi connectivity index (χ0) is 2.00. The van der Waals surface area contributed by atoms with E-state index in [1.807, 2.05) is 0 Å². The molecular formula is H2CrFeNiP. The molecule has 4 heteroatoms. The molecule has 0 aromatic carbocycles. The van der Waals surface area contributed by atoms with Crippen LogP contribution in [0, 0.1) is 0 Å². The normalized spacial score (nSPS) is 1.25. The molecule has 0 spiro atoms. The van der Waals surface area contributed by atoms with Crippen molar-refractivity contribution in [3.05, 3.63) is 0 Å². The van der Waals surface area contributed by atoms with E-state index >= 15 is 0 Å². The topological polar surface area (TPSA) is 0 Å². The van der Waals surface area contributed by atoms with Gasteiger partial charge in [0.15, 0.2) is 0 Å². The van der Waals surface area contributed by atoms with E-state index in [9.17, 15) is 0 Å². The van der Waals surface area contributed by atoms with Crippen molar-refractivity contribution in [3.8, 4) is 0 Å². The second-order valence-electron chi connectivity index (χ2n) is 0. The molecule has 0 amide bonds. The van der Waals surface area contributed by atoms with Crippen LogP contribution in [0.3, 0.4) is 0 Å². The Bertz CT molecular complexity index is 8.00. The van der Waals surface area contributed by atoms with Gasteiger partial charge in [0.25, 0.3) is 0 Å². The van der Waals surface area contributed by atoms with Gasteiger partial charge in [0.2, 0.25) is 0 Å². The summed E-state index contributed by atoms with van der Waals surface area (Å²) in [5.74, 6) is 0. The van der Waals surface area contributed by atoms with E-state index in [2.05, 4.69) is 23.7 Å². The molecule has 0 radical (unpaired) electrons. The Kier molecular flexibility index (Phi) is 84.2. The third-order valence-electron chi connectivity index (χ3n) is 0. The summed E-state index contributed by atoms with van der Waals surface area (Å²) in [5, 5.41) is 0. The fraction of sp³-hybridized carbons (Fsp3) is 0. The first kappa shape index (κ1) is 16.7. The molecule has 0 N–H and O–H groups in total. The van der Waals surface area contributed by atoms with E-state index in [0.29, 0.717) is 0 Å². The SMILES string of the molecule is [Fe].[Ni].[PH2][Cr]. The fourth-order valence-electron chi connectivity index (χ4n) is 0. The first-order chi connectivity index (χ1) is 1.00. The summed E-state index contributed by atoms with van der Waals surface area (Å²) >= 11 is 2.54. The van der Waals surface area contributed by atoms with Crippen molar-refractivity contribution in [3.63, 3.8) is 0 Å². The Morgan fingerprint density at radius 3 is 1.25 bits per heavy atom. The van der Waals surface area contributed by atoms with Crippen LogP contribution >= 0.6 is 7.89 Å². The molecule has 0 aromatic heterocycles. The van der Waals surface area contributed by atoms with Crippen LogP contribution in [0.5, 0.6) is 0 Å². The molecule has 0 saturated heterocycles. The Balaban J connectivity index is -0.00000000500. The minimum absolute atomic E-state index is 0. The first-order valence-electron chi connectivity index (χ1n) is 0.236. The van der Waals surface area contributed by atoms with Crippen molar-refractivity contribution in [2.24, 2.45) is 0 Å². The Morgan fingerprint density at radius 2 is 1.25 bits per heavy atom. The van der Waals surface area contributed by atoms with Crippen molar-refractivity contribution >= 4 is 7.89 Å². The summed E-state index contributed by atoms with van der Waals surface area (Å²) in [6.07, 6.45) is 0. The summed E-state index contributed by atoms with van der Waals surface area (Å²) in [5.41, 5.74) is 0. The average Bonchev–Trinajstić information content (AvgIpc) is 1.00. The predicted octanol–water partition coefficient (Wildman–Crippen LogP) is 0.318. The summed E-state index contributed by atoms with van der Waals surface area (Å²) in [4.78, 5) is 0. The third kappa shape index (κ3) is 9.02. The van der Waals surface area contributed by atoms with Gasteiger partial charge >= 0.3 is 23.7 Å².